The average Bonchev–Trinajstić information content (AvgIpc) is 3.09. The van der Waals surface area contributed by atoms with Crippen molar-refractivity contribution in [2.45, 2.75) is 32.7 Å². The van der Waals surface area contributed by atoms with Crippen molar-refractivity contribution in [3.63, 3.8) is 0 Å². The molecule has 0 fully saturated rings. The smallest absolute Gasteiger partial charge is 0.262 e. The SMILES string of the molecule is C[C@@H]1CCc2c(sc3ncn(CC(=O)N/N=C\c4ccc([O-])c([N+](=O)[O-])c4)c(=O)c23)C1. The fourth-order valence-electron chi connectivity index (χ4n) is 3.60. The molecule has 0 bridgehead atoms. The molecule has 3 aromatic rings. The van der Waals surface area contributed by atoms with Crippen LogP contribution in [0.5, 0.6) is 5.75 Å². The second kappa shape index (κ2) is 8.26. The zero-order chi connectivity index (χ0) is 22.1. The van der Waals surface area contributed by atoms with Crippen molar-refractivity contribution in [3.05, 3.63) is 61.0 Å². The van der Waals surface area contributed by atoms with E-state index < -0.39 is 22.3 Å². The molecule has 31 heavy (non-hydrogen) atoms. The van der Waals surface area contributed by atoms with Gasteiger partial charge in [-0.1, -0.05) is 19.1 Å². The van der Waals surface area contributed by atoms with Gasteiger partial charge in [-0.05, 0) is 36.5 Å². The van der Waals surface area contributed by atoms with Gasteiger partial charge in [0, 0.05) is 16.5 Å². The van der Waals surface area contributed by atoms with Crippen LogP contribution in [0.15, 0.2) is 34.4 Å². The molecule has 1 N–H and O–H groups in total. The lowest BCUT2D eigenvalue weighted by Gasteiger charge is -2.17. The maximum absolute atomic E-state index is 12.9. The van der Waals surface area contributed by atoms with Crippen molar-refractivity contribution in [3.8, 4) is 5.75 Å². The number of hydrogen-bond acceptors (Lipinski definition) is 8. The number of carbonyl (C=O) groups is 1. The number of thiophene rings is 1. The van der Waals surface area contributed by atoms with E-state index in [2.05, 4.69) is 22.4 Å². The monoisotopic (exact) mass is 440 g/mol. The average molecular weight is 440 g/mol. The summed E-state index contributed by atoms with van der Waals surface area (Å²) in [5, 5.41) is 26.6. The maximum atomic E-state index is 12.9. The largest absolute Gasteiger partial charge is 0.868 e. The highest BCUT2D eigenvalue weighted by atomic mass is 32.1. The minimum Gasteiger partial charge on any atom is -0.868 e. The molecule has 0 saturated carbocycles. The standard InChI is InChI=1S/C20H19N5O5S/c1-11-2-4-13-16(6-11)31-19-18(13)20(28)24(10-21-19)9-17(27)23-22-8-12-3-5-15(26)14(7-12)25(29)30/h3,5,7-8,10-11,26H,2,4,6,9H2,1H3,(H,23,27)/p-1/b22-8-/t11-/m1/s1. The lowest BCUT2D eigenvalue weighted by atomic mass is 9.89. The molecule has 2 heterocycles. The summed E-state index contributed by atoms with van der Waals surface area (Å²) in [6.07, 6.45) is 5.34. The Morgan fingerprint density at radius 2 is 2.29 bits per heavy atom. The Balaban J connectivity index is 1.48. The summed E-state index contributed by atoms with van der Waals surface area (Å²) in [6.45, 7) is 1.93. The van der Waals surface area contributed by atoms with Crippen LogP contribution in [-0.4, -0.2) is 26.6 Å². The van der Waals surface area contributed by atoms with Crippen LogP contribution in [0.4, 0.5) is 5.69 Å². The summed E-state index contributed by atoms with van der Waals surface area (Å²) in [7, 11) is 0. The van der Waals surface area contributed by atoms with Crippen LogP contribution in [0, 0.1) is 16.0 Å². The van der Waals surface area contributed by atoms with Crippen LogP contribution >= 0.6 is 11.3 Å². The number of aryl methyl sites for hydroxylation is 1. The van der Waals surface area contributed by atoms with Gasteiger partial charge >= 0.3 is 0 Å². The highest BCUT2D eigenvalue weighted by Crippen LogP contribution is 2.35. The second-order valence-corrected chi connectivity index (χ2v) is 8.57. The first kappa shape index (κ1) is 20.7. The van der Waals surface area contributed by atoms with Crippen LogP contribution in [0.25, 0.3) is 10.2 Å². The third-order valence-corrected chi connectivity index (χ3v) is 6.34. The normalized spacial score (nSPS) is 15.8. The number of amides is 1. The number of rotatable bonds is 5. The molecule has 0 unspecified atom stereocenters. The van der Waals surface area contributed by atoms with E-state index in [-0.39, 0.29) is 17.7 Å². The van der Waals surface area contributed by atoms with E-state index in [0.717, 1.165) is 37.0 Å². The van der Waals surface area contributed by atoms with Crippen molar-refractivity contribution in [1.29, 1.82) is 0 Å². The van der Waals surface area contributed by atoms with Crippen molar-refractivity contribution < 1.29 is 14.8 Å². The van der Waals surface area contributed by atoms with Crippen LogP contribution in [0.3, 0.4) is 0 Å². The van der Waals surface area contributed by atoms with Gasteiger partial charge in [0.05, 0.1) is 22.9 Å². The van der Waals surface area contributed by atoms with Gasteiger partial charge in [-0.3, -0.25) is 24.3 Å². The number of hydrogen-bond donors (Lipinski definition) is 1. The van der Waals surface area contributed by atoms with Crippen LogP contribution < -0.4 is 16.1 Å². The lowest BCUT2D eigenvalue weighted by Crippen LogP contribution is -2.30. The Hall–Kier alpha value is -3.60. The van der Waals surface area contributed by atoms with Gasteiger partial charge in [0.1, 0.15) is 11.4 Å². The fraction of sp³-hybridized carbons (Fsp3) is 0.300. The van der Waals surface area contributed by atoms with Crippen molar-refractivity contribution in [2.75, 3.05) is 0 Å². The van der Waals surface area contributed by atoms with Gasteiger partial charge in [0.2, 0.25) is 0 Å². The van der Waals surface area contributed by atoms with Gasteiger partial charge < -0.3 is 5.11 Å². The summed E-state index contributed by atoms with van der Waals surface area (Å²) in [6, 6.07) is 3.48. The Morgan fingerprint density at radius 1 is 1.48 bits per heavy atom. The number of nitrogens with one attached hydrogen (secondary N) is 1. The molecular weight excluding hydrogens is 422 g/mol. The highest BCUT2D eigenvalue weighted by Gasteiger charge is 2.23. The van der Waals surface area contributed by atoms with E-state index in [1.54, 1.807) is 11.3 Å². The Morgan fingerprint density at radius 3 is 3.06 bits per heavy atom. The maximum Gasteiger partial charge on any atom is 0.262 e. The van der Waals surface area contributed by atoms with Crippen LogP contribution in [-0.2, 0) is 24.2 Å². The zero-order valence-corrected chi connectivity index (χ0v) is 17.3. The zero-order valence-electron chi connectivity index (χ0n) is 16.5. The van der Waals surface area contributed by atoms with Gasteiger partial charge in [-0.25, -0.2) is 10.4 Å². The van der Waals surface area contributed by atoms with Gasteiger partial charge in [0.15, 0.2) is 0 Å². The number of nitro benzene ring substituents is 1. The quantitative estimate of drug-likeness (QED) is 0.363. The third-order valence-electron chi connectivity index (χ3n) is 5.18. The molecule has 1 aliphatic carbocycles. The molecule has 1 aliphatic rings. The number of hydrazone groups is 1. The minimum atomic E-state index is -0.780. The Bertz CT molecular complexity index is 1280. The third kappa shape index (κ3) is 4.17. The summed E-state index contributed by atoms with van der Waals surface area (Å²) < 4.78 is 1.25. The van der Waals surface area contributed by atoms with E-state index in [0.29, 0.717) is 16.1 Å². The first-order valence-electron chi connectivity index (χ1n) is 9.60. The molecule has 0 saturated heterocycles. The molecular formula is C20H18N5O5S-. The summed E-state index contributed by atoms with van der Waals surface area (Å²) in [5.41, 5.74) is 2.78. The van der Waals surface area contributed by atoms with Crippen molar-refractivity contribution >= 4 is 39.4 Å². The molecule has 1 aromatic carbocycles. The number of aromatic nitrogens is 2. The molecule has 1 atom stereocenters. The van der Waals surface area contributed by atoms with E-state index in [1.165, 1.54) is 28.1 Å². The summed E-state index contributed by atoms with van der Waals surface area (Å²) in [4.78, 5) is 41.4. The van der Waals surface area contributed by atoms with Gasteiger partial charge in [0.25, 0.3) is 17.2 Å². The van der Waals surface area contributed by atoms with Crippen molar-refractivity contribution in [2.24, 2.45) is 11.0 Å². The first-order chi connectivity index (χ1) is 14.8. The lowest BCUT2D eigenvalue weighted by molar-refractivity contribution is -0.398. The molecule has 11 heteroatoms. The second-order valence-electron chi connectivity index (χ2n) is 7.49. The van der Waals surface area contributed by atoms with Crippen LogP contribution in [0.1, 0.15) is 29.3 Å². The summed E-state index contributed by atoms with van der Waals surface area (Å²) >= 11 is 1.54. The van der Waals surface area contributed by atoms with E-state index in [9.17, 15) is 24.8 Å². The van der Waals surface area contributed by atoms with E-state index in [1.807, 2.05) is 0 Å². The number of benzene rings is 1. The molecule has 0 spiro atoms. The fourth-order valence-corrected chi connectivity index (χ4v) is 4.95. The predicted molar refractivity (Wildman–Crippen MR) is 113 cm³/mol. The Labute approximate surface area is 180 Å². The van der Waals surface area contributed by atoms with Crippen LogP contribution in [0.2, 0.25) is 0 Å². The van der Waals surface area contributed by atoms with E-state index >= 15 is 0 Å². The molecule has 10 nitrogen and oxygen atoms in total. The molecule has 160 valence electrons. The molecule has 1 amide bonds. The number of carbonyl (C=O) groups excluding carboxylic acids is 1. The Kier molecular flexibility index (Phi) is 5.51. The number of fused-ring (bicyclic) bond motifs is 3. The van der Waals surface area contributed by atoms with Gasteiger partial charge in [-0.2, -0.15) is 5.10 Å². The molecule has 2 aromatic heterocycles. The first-order valence-corrected chi connectivity index (χ1v) is 10.4. The minimum absolute atomic E-state index is 0.252. The molecule has 4 rings (SSSR count). The summed E-state index contributed by atoms with van der Waals surface area (Å²) in [5.74, 6) is -0.677. The highest BCUT2D eigenvalue weighted by molar-refractivity contribution is 7.18. The van der Waals surface area contributed by atoms with Crippen molar-refractivity contribution in [1.82, 2.24) is 15.0 Å². The molecule has 0 radical (unpaired) electrons. The number of nitrogens with zero attached hydrogens (tertiary/aromatic N) is 4. The number of nitro groups is 1. The predicted octanol–water partition coefficient (Wildman–Crippen LogP) is 1.71. The topological polar surface area (TPSA) is 143 Å². The molecule has 0 aliphatic heterocycles. The van der Waals surface area contributed by atoms with E-state index in [4.69, 9.17) is 0 Å². The van der Waals surface area contributed by atoms with Gasteiger partial charge in [-0.15, -0.1) is 11.3 Å².